The summed E-state index contributed by atoms with van der Waals surface area (Å²) in [6, 6.07) is 10.0. The Balaban J connectivity index is 2.32. The van der Waals surface area contributed by atoms with Crippen LogP contribution < -0.4 is 5.32 Å². The van der Waals surface area contributed by atoms with Crippen LogP contribution in [0.25, 0.3) is 0 Å². The van der Waals surface area contributed by atoms with Gasteiger partial charge in [0.2, 0.25) is 5.91 Å². The molecule has 0 radical (unpaired) electrons. The van der Waals surface area contributed by atoms with Crippen molar-refractivity contribution in [3.8, 4) is 6.07 Å². The number of nitriles is 1. The van der Waals surface area contributed by atoms with E-state index in [0.717, 1.165) is 16.8 Å². The zero-order chi connectivity index (χ0) is 14.5. The lowest BCUT2D eigenvalue weighted by molar-refractivity contribution is -0.119. The van der Waals surface area contributed by atoms with Crippen LogP contribution in [0.5, 0.6) is 0 Å². The van der Waals surface area contributed by atoms with E-state index in [0.29, 0.717) is 18.4 Å². The predicted octanol–water partition coefficient (Wildman–Crippen LogP) is 3.60. The number of amides is 1. The van der Waals surface area contributed by atoms with Crippen molar-refractivity contribution in [3.63, 3.8) is 0 Å². The molecule has 0 fully saturated rings. The standard InChI is InChI=1S/C17H18N2O/c1-3-12(11-18)9-13(4-2)15-10-14-7-5-6-8-16(14)19-17(15)20/h4-9,15H,3,10H2,1-2H3,(H,19,20)/b12-9+,13-4+. The molecule has 0 spiro atoms. The molecule has 1 unspecified atom stereocenters. The van der Waals surface area contributed by atoms with Crippen molar-refractivity contribution in [2.45, 2.75) is 26.7 Å². The van der Waals surface area contributed by atoms with Crippen molar-refractivity contribution in [3.05, 3.63) is 53.1 Å². The number of benzene rings is 1. The third-order valence-electron chi connectivity index (χ3n) is 3.62. The molecular weight excluding hydrogens is 248 g/mol. The van der Waals surface area contributed by atoms with Crippen LogP contribution in [0.1, 0.15) is 25.8 Å². The van der Waals surface area contributed by atoms with Gasteiger partial charge >= 0.3 is 0 Å². The number of nitrogens with zero attached hydrogens (tertiary/aromatic N) is 1. The Labute approximate surface area is 119 Å². The first-order chi connectivity index (χ1) is 9.69. The molecule has 1 N–H and O–H groups in total. The van der Waals surface area contributed by atoms with Crippen LogP contribution in [-0.4, -0.2) is 5.91 Å². The molecular formula is C17H18N2O. The second-order valence-corrected chi connectivity index (χ2v) is 4.83. The first-order valence-electron chi connectivity index (χ1n) is 6.85. The molecule has 0 aliphatic carbocycles. The van der Waals surface area contributed by atoms with Gasteiger partial charge in [0.25, 0.3) is 0 Å². The van der Waals surface area contributed by atoms with E-state index < -0.39 is 0 Å². The van der Waals surface area contributed by atoms with Crippen LogP contribution >= 0.6 is 0 Å². The molecule has 3 heteroatoms. The van der Waals surface area contributed by atoms with Crippen molar-refractivity contribution in [2.75, 3.05) is 5.32 Å². The van der Waals surface area contributed by atoms with E-state index in [2.05, 4.69) is 11.4 Å². The summed E-state index contributed by atoms with van der Waals surface area (Å²) < 4.78 is 0. The van der Waals surface area contributed by atoms with E-state index in [4.69, 9.17) is 5.26 Å². The Hall–Kier alpha value is -2.34. The molecule has 3 nitrogen and oxygen atoms in total. The number of hydrogen-bond donors (Lipinski definition) is 1. The second kappa shape index (κ2) is 6.21. The van der Waals surface area contributed by atoms with Gasteiger partial charge < -0.3 is 5.32 Å². The van der Waals surface area contributed by atoms with E-state index in [1.165, 1.54) is 0 Å². The van der Waals surface area contributed by atoms with Gasteiger partial charge in [-0.05, 0) is 43.0 Å². The molecule has 1 aliphatic rings. The molecule has 1 aromatic rings. The summed E-state index contributed by atoms with van der Waals surface area (Å²) >= 11 is 0. The minimum absolute atomic E-state index is 0.00134. The molecule has 0 saturated heterocycles. The number of carbonyl (C=O) groups is 1. The topological polar surface area (TPSA) is 52.9 Å². The average Bonchev–Trinajstić information content (AvgIpc) is 2.48. The average molecular weight is 266 g/mol. The fourth-order valence-corrected chi connectivity index (χ4v) is 2.42. The fraction of sp³-hybridized carbons (Fsp3) is 0.294. The summed E-state index contributed by atoms with van der Waals surface area (Å²) in [7, 11) is 0. The van der Waals surface area contributed by atoms with Gasteiger partial charge in [-0.3, -0.25) is 4.79 Å². The second-order valence-electron chi connectivity index (χ2n) is 4.83. The largest absolute Gasteiger partial charge is 0.325 e. The SMILES string of the molecule is C/C=C(\C=C(\C#N)CC)C1Cc2ccccc2NC1=O. The molecule has 1 aliphatic heterocycles. The van der Waals surface area contributed by atoms with Gasteiger partial charge in [-0.2, -0.15) is 5.26 Å². The first kappa shape index (κ1) is 14.1. The van der Waals surface area contributed by atoms with Gasteiger partial charge in [0.15, 0.2) is 0 Å². The van der Waals surface area contributed by atoms with Gasteiger partial charge in [0.1, 0.15) is 0 Å². The summed E-state index contributed by atoms with van der Waals surface area (Å²) in [4.78, 5) is 12.3. The minimum atomic E-state index is -0.218. The smallest absolute Gasteiger partial charge is 0.232 e. The summed E-state index contributed by atoms with van der Waals surface area (Å²) in [6.45, 7) is 3.85. The van der Waals surface area contributed by atoms with Crippen LogP contribution in [0, 0.1) is 17.2 Å². The molecule has 2 rings (SSSR count). The monoisotopic (exact) mass is 266 g/mol. The molecule has 1 atom stereocenters. The first-order valence-corrected chi connectivity index (χ1v) is 6.85. The Morgan fingerprint density at radius 1 is 1.50 bits per heavy atom. The van der Waals surface area contributed by atoms with Crippen LogP contribution in [0.2, 0.25) is 0 Å². The quantitative estimate of drug-likeness (QED) is 0.671. The van der Waals surface area contributed by atoms with Crippen LogP contribution in [-0.2, 0) is 11.2 Å². The molecule has 0 bridgehead atoms. The molecule has 0 aromatic heterocycles. The lowest BCUT2D eigenvalue weighted by atomic mass is 9.86. The van der Waals surface area contributed by atoms with Gasteiger partial charge in [0.05, 0.1) is 12.0 Å². The summed E-state index contributed by atoms with van der Waals surface area (Å²) in [6.07, 6.45) is 5.13. The minimum Gasteiger partial charge on any atom is -0.325 e. The molecule has 1 heterocycles. The lowest BCUT2D eigenvalue weighted by Crippen LogP contribution is -2.30. The Bertz CT molecular complexity index is 620. The highest BCUT2D eigenvalue weighted by molar-refractivity contribution is 5.97. The van der Waals surface area contributed by atoms with Crippen molar-refractivity contribution < 1.29 is 4.79 Å². The van der Waals surface area contributed by atoms with Gasteiger partial charge in [-0.1, -0.05) is 31.2 Å². The number of carbonyl (C=O) groups excluding carboxylic acids is 1. The third-order valence-corrected chi connectivity index (χ3v) is 3.62. The number of para-hydroxylation sites is 1. The van der Waals surface area contributed by atoms with Crippen LogP contribution in [0.4, 0.5) is 5.69 Å². The molecule has 0 saturated carbocycles. The Morgan fingerprint density at radius 3 is 2.90 bits per heavy atom. The van der Waals surface area contributed by atoms with E-state index in [1.54, 1.807) is 0 Å². The normalized spacial score (nSPS) is 19.1. The summed E-state index contributed by atoms with van der Waals surface area (Å²) in [5.41, 5.74) is 3.64. The van der Waals surface area contributed by atoms with E-state index in [1.807, 2.05) is 50.3 Å². The number of anilines is 1. The van der Waals surface area contributed by atoms with Crippen molar-refractivity contribution >= 4 is 11.6 Å². The maximum atomic E-state index is 12.3. The van der Waals surface area contributed by atoms with Crippen molar-refractivity contribution in [1.29, 1.82) is 5.26 Å². The highest BCUT2D eigenvalue weighted by atomic mass is 16.1. The summed E-state index contributed by atoms with van der Waals surface area (Å²) in [5.74, 6) is -0.216. The van der Waals surface area contributed by atoms with Gasteiger partial charge in [-0.25, -0.2) is 0 Å². The summed E-state index contributed by atoms with van der Waals surface area (Å²) in [5, 5.41) is 12.0. The Kier molecular flexibility index (Phi) is 4.37. The maximum Gasteiger partial charge on any atom is 0.232 e. The zero-order valence-electron chi connectivity index (χ0n) is 11.8. The Morgan fingerprint density at radius 2 is 2.25 bits per heavy atom. The number of nitrogens with one attached hydrogen (secondary N) is 1. The molecule has 20 heavy (non-hydrogen) atoms. The highest BCUT2D eigenvalue weighted by Crippen LogP contribution is 2.30. The van der Waals surface area contributed by atoms with Gasteiger partial charge in [0, 0.05) is 11.3 Å². The van der Waals surface area contributed by atoms with Crippen molar-refractivity contribution in [1.82, 2.24) is 0 Å². The number of rotatable bonds is 3. The predicted molar refractivity (Wildman–Crippen MR) is 80.0 cm³/mol. The van der Waals surface area contributed by atoms with Crippen LogP contribution in [0.3, 0.4) is 0 Å². The molecule has 1 amide bonds. The van der Waals surface area contributed by atoms with Crippen molar-refractivity contribution in [2.24, 2.45) is 5.92 Å². The highest BCUT2D eigenvalue weighted by Gasteiger charge is 2.27. The fourth-order valence-electron chi connectivity index (χ4n) is 2.42. The number of hydrogen-bond acceptors (Lipinski definition) is 2. The number of fused-ring (bicyclic) bond motifs is 1. The van der Waals surface area contributed by atoms with E-state index in [-0.39, 0.29) is 11.8 Å². The van der Waals surface area contributed by atoms with Crippen LogP contribution in [0.15, 0.2) is 47.6 Å². The van der Waals surface area contributed by atoms with E-state index in [9.17, 15) is 4.79 Å². The third kappa shape index (κ3) is 2.80. The molecule has 102 valence electrons. The van der Waals surface area contributed by atoms with Gasteiger partial charge in [-0.15, -0.1) is 0 Å². The number of allylic oxidation sites excluding steroid dienone is 3. The maximum absolute atomic E-state index is 12.3. The zero-order valence-corrected chi connectivity index (χ0v) is 11.8. The lowest BCUT2D eigenvalue weighted by Gasteiger charge is -2.25. The van der Waals surface area contributed by atoms with E-state index >= 15 is 0 Å². The molecule has 1 aromatic carbocycles.